The lowest BCUT2D eigenvalue weighted by Gasteiger charge is -2.08. The molecule has 3 rings (SSSR count). The summed E-state index contributed by atoms with van der Waals surface area (Å²) in [6.07, 6.45) is 1.68. The first kappa shape index (κ1) is 10.2. The lowest BCUT2D eigenvalue weighted by Crippen LogP contribution is -2.10. The maximum absolute atomic E-state index is 11.2. The molecule has 1 atom stereocenters. The van der Waals surface area contributed by atoms with Crippen molar-refractivity contribution in [2.75, 3.05) is 6.61 Å². The Balaban J connectivity index is 2.21. The van der Waals surface area contributed by atoms with E-state index in [0.29, 0.717) is 18.1 Å². The van der Waals surface area contributed by atoms with Crippen molar-refractivity contribution in [3.05, 3.63) is 29.7 Å². The highest BCUT2D eigenvalue weighted by Gasteiger charge is 2.25. The second kappa shape index (κ2) is 3.81. The Morgan fingerprint density at radius 3 is 3.06 bits per heavy atom. The highest BCUT2D eigenvalue weighted by Crippen LogP contribution is 2.27. The molecule has 1 aliphatic heterocycles. The van der Waals surface area contributed by atoms with Gasteiger partial charge in [0, 0.05) is 6.61 Å². The SMILES string of the molecule is O=C(O)c1cccc2nnc(C3CCCO3)n12. The molecule has 0 aromatic carbocycles. The monoisotopic (exact) mass is 233 g/mol. The van der Waals surface area contributed by atoms with Gasteiger partial charge in [0.2, 0.25) is 0 Å². The lowest BCUT2D eigenvalue weighted by molar-refractivity contribution is 0.0685. The van der Waals surface area contributed by atoms with Gasteiger partial charge in [0.05, 0.1) is 0 Å². The molecule has 1 unspecified atom stereocenters. The van der Waals surface area contributed by atoms with Crippen molar-refractivity contribution in [2.45, 2.75) is 18.9 Å². The van der Waals surface area contributed by atoms with Gasteiger partial charge in [0.15, 0.2) is 11.5 Å². The predicted octanol–water partition coefficient (Wildman–Crippen LogP) is 1.28. The number of carbonyl (C=O) groups is 1. The van der Waals surface area contributed by atoms with Crippen molar-refractivity contribution in [1.29, 1.82) is 0 Å². The Morgan fingerprint density at radius 1 is 1.47 bits per heavy atom. The van der Waals surface area contributed by atoms with Gasteiger partial charge in [-0.25, -0.2) is 4.79 Å². The smallest absolute Gasteiger partial charge is 0.352 e. The predicted molar refractivity (Wildman–Crippen MR) is 57.9 cm³/mol. The van der Waals surface area contributed by atoms with Crippen LogP contribution in [0.4, 0.5) is 0 Å². The molecule has 2 aromatic heterocycles. The van der Waals surface area contributed by atoms with Crippen LogP contribution < -0.4 is 0 Å². The van der Waals surface area contributed by atoms with Crippen LogP contribution in [0.1, 0.15) is 35.3 Å². The van der Waals surface area contributed by atoms with Gasteiger partial charge in [0.1, 0.15) is 11.8 Å². The molecule has 1 N–H and O–H groups in total. The number of carboxylic acid groups (broad SMARTS) is 1. The molecule has 17 heavy (non-hydrogen) atoms. The van der Waals surface area contributed by atoms with Crippen molar-refractivity contribution in [3.63, 3.8) is 0 Å². The van der Waals surface area contributed by atoms with E-state index in [0.717, 1.165) is 12.8 Å². The second-order valence-corrected chi connectivity index (χ2v) is 3.97. The molecule has 0 aliphatic carbocycles. The molecular formula is C11H11N3O3. The molecule has 1 fully saturated rings. The van der Waals surface area contributed by atoms with Gasteiger partial charge in [-0.05, 0) is 25.0 Å². The molecule has 2 aromatic rings. The molecule has 6 heteroatoms. The van der Waals surface area contributed by atoms with E-state index in [9.17, 15) is 4.79 Å². The van der Waals surface area contributed by atoms with Crippen LogP contribution in [0.3, 0.4) is 0 Å². The maximum Gasteiger partial charge on any atom is 0.352 e. The molecule has 1 saturated heterocycles. The minimum atomic E-state index is -0.991. The molecular weight excluding hydrogens is 222 g/mol. The zero-order chi connectivity index (χ0) is 11.8. The summed E-state index contributed by atoms with van der Waals surface area (Å²) >= 11 is 0. The highest BCUT2D eigenvalue weighted by atomic mass is 16.5. The summed E-state index contributed by atoms with van der Waals surface area (Å²) in [7, 11) is 0. The average Bonchev–Trinajstić information content (AvgIpc) is 2.96. The van der Waals surface area contributed by atoms with Gasteiger partial charge in [0.25, 0.3) is 0 Å². The molecule has 0 amide bonds. The first-order chi connectivity index (χ1) is 8.27. The number of aromatic carboxylic acids is 1. The van der Waals surface area contributed by atoms with E-state index in [1.807, 2.05) is 0 Å². The van der Waals surface area contributed by atoms with E-state index in [1.54, 1.807) is 16.5 Å². The lowest BCUT2D eigenvalue weighted by atomic mass is 10.2. The van der Waals surface area contributed by atoms with Crippen molar-refractivity contribution >= 4 is 11.6 Å². The Labute approximate surface area is 96.8 Å². The Bertz CT molecular complexity index is 572. The van der Waals surface area contributed by atoms with Crippen LogP contribution in [-0.2, 0) is 4.74 Å². The number of nitrogens with zero attached hydrogens (tertiary/aromatic N) is 3. The largest absolute Gasteiger partial charge is 0.477 e. The molecule has 3 heterocycles. The maximum atomic E-state index is 11.2. The van der Waals surface area contributed by atoms with Gasteiger partial charge < -0.3 is 9.84 Å². The second-order valence-electron chi connectivity index (χ2n) is 3.97. The zero-order valence-corrected chi connectivity index (χ0v) is 9.04. The van der Waals surface area contributed by atoms with Crippen molar-refractivity contribution in [1.82, 2.24) is 14.6 Å². The number of hydrogen-bond donors (Lipinski definition) is 1. The Hall–Kier alpha value is -1.95. The third-order valence-electron chi connectivity index (χ3n) is 2.89. The molecule has 6 nitrogen and oxygen atoms in total. The summed E-state index contributed by atoms with van der Waals surface area (Å²) in [5.41, 5.74) is 0.702. The normalized spacial score (nSPS) is 19.9. The number of fused-ring (bicyclic) bond motifs is 1. The van der Waals surface area contributed by atoms with E-state index in [-0.39, 0.29) is 11.8 Å². The van der Waals surface area contributed by atoms with Crippen LogP contribution in [0.25, 0.3) is 5.65 Å². The highest BCUT2D eigenvalue weighted by molar-refractivity contribution is 5.86. The van der Waals surface area contributed by atoms with E-state index in [2.05, 4.69) is 10.2 Å². The van der Waals surface area contributed by atoms with Crippen molar-refractivity contribution < 1.29 is 14.6 Å². The van der Waals surface area contributed by atoms with Gasteiger partial charge in [-0.2, -0.15) is 0 Å². The van der Waals surface area contributed by atoms with Crippen LogP contribution in [0.5, 0.6) is 0 Å². The number of pyridine rings is 1. The molecule has 0 spiro atoms. The summed E-state index contributed by atoms with van der Waals surface area (Å²) in [5, 5.41) is 17.2. The topological polar surface area (TPSA) is 76.7 Å². The quantitative estimate of drug-likeness (QED) is 0.845. The summed E-state index contributed by atoms with van der Waals surface area (Å²) in [4.78, 5) is 11.2. The number of hydrogen-bond acceptors (Lipinski definition) is 4. The van der Waals surface area contributed by atoms with Gasteiger partial charge >= 0.3 is 5.97 Å². The van der Waals surface area contributed by atoms with Crippen LogP contribution in [-0.4, -0.2) is 32.3 Å². The Kier molecular flexibility index (Phi) is 2.29. The van der Waals surface area contributed by atoms with Gasteiger partial charge in [-0.15, -0.1) is 10.2 Å². The van der Waals surface area contributed by atoms with Crippen LogP contribution in [0.2, 0.25) is 0 Å². The minimum absolute atomic E-state index is 0.148. The fraction of sp³-hybridized carbons (Fsp3) is 0.364. The van der Waals surface area contributed by atoms with E-state index >= 15 is 0 Å². The molecule has 1 aliphatic rings. The Morgan fingerprint density at radius 2 is 2.35 bits per heavy atom. The van der Waals surface area contributed by atoms with Crippen LogP contribution >= 0.6 is 0 Å². The third kappa shape index (κ3) is 1.57. The number of carboxylic acids is 1. The molecule has 0 saturated carbocycles. The van der Waals surface area contributed by atoms with Crippen LogP contribution in [0.15, 0.2) is 18.2 Å². The summed E-state index contributed by atoms with van der Waals surface area (Å²) < 4.78 is 7.08. The fourth-order valence-electron chi connectivity index (χ4n) is 2.12. The van der Waals surface area contributed by atoms with Crippen molar-refractivity contribution in [2.24, 2.45) is 0 Å². The fourth-order valence-corrected chi connectivity index (χ4v) is 2.12. The van der Waals surface area contributed by atoms with Crippen molar-refractivity contribution in [3.8, 4) is 0 Å². The van der Waals surface area contributed by atoms with E-state index in [4.69, 9.17) is 9.84 Å². The van der Waals surface area contributed by atoms with Gasteiger partial charge in [-0.3, -0.25) is 4.40 Å². The number of aromatic nitrogens is 3. The summed E-state index contributed by atoms with van der Waals surface area (Å²) in [6, 6.07) is 4.93. The number of ether oxygens (including phenoxy) is 1. The minimum Gasteiger partial charge on any atom is -0.477 e. The molecule has 88 valence electrons. The molecule has 0 radical (unpaired) electrons. The summed E-state index contributed by atoms with van der Waals surface area (Å²) in [6.45, 7) is 0.689. The number of rotatable bonds is 2. The van der Waals surface area contributed by atoms with E-state index < -0.39 is 5.97 Å². The standard InChI is InChI=1S/C11H11N3O3/c15-11(16)7-3-1-5-9-12-13-10(14(7)9)8-4-2-6-17-8/h1,3,5,8H,2,4,6H2,(H,15,16). The molecule has 0 bridgehead atoms. The van der Waals surface area contributed by atoms with E-state index in [1.165, 1.54) is 6.07 Å². The average molecular weight is 233 g/mol. The summed E-state index contributed by atoms with van der Waals surface area (Å²) in [5.74, 6) is -0.412. The van der Waals surface area contributed by atoms with Gasteiger partial charge in [-0.1, -0.05) is 6.07 Å². The zero-order valence-electron chi connectivity index (χ0n) is 9.04. The van der Waals surface area contributed by atoms with Crippen LogP contribution in [0, 0.1) is 0 Å². The first-order valence-corrected chi connectivity index (χ1v) is 5.46. The first-order valence-electron chi connectivity index (χ1n) is 5.46. The third-order valence-corrected chi connectivity index (χ3v) is 2.89.